The molecule has 1 aliphatic rings. The number of hydrogen-bond acceptors (Lipinski definition) is 8. The van der Waals surface area contributed by atoms with Crippen LogP contribution in [-0.4, -0.2) is 82.7 Å². The third kappa shape index (κ3) is 5.92. The minimum Gasteiger partial charge on any atom is -0.461 e. The van der Waals surface area contributed by atoms with Gasteiger partial charge >= 0.3 is 12.2 Å². The molecule has 0 unspecified atom stereocenters. The van der Waals surface area contributed by atoms with E-state index in [0.717, 1.165) is 23.2 Å². The largest absolute Gasteiger partial charge is 0.461 e. The number of carbonyl (C=O) groups is 1. The molecule has 8 nitrogen and oxygen atoms in total. The number of amides is 1. The maximum absolute atomic E-state index is 13.9. The molecule has 0 aliphatic carbocycles. The fourth-order valence-electron chi connectivity index (χ4n) is 3.08. The Balaban J connectivity index is 1.85. The van der Waals surface area contributed by atoms with E-state index in [9.17, 15) is 31.9 Å². The number of fused-ring (bicyclic) bond motifs is 1. The number of anilines is 1. The zero-order valence-corrected chi connectivity index (χ0v) is 17.7. The van der Waals surface area contributed by atoms with E-state index in [1.165, 1.54) is 6.07 Å². The van der Waals surface area contributed by atoms with Crippen molar-refractivity contribution in [2.45, 2.75) is 31.5 Å². The number of carbonyl (C=O) groups excluding carboxylic acids is 1. The van der Waals surface area contributed by atoms with Gasteiger partial charge in [-0.25, -0.2) is 8.78 Å². The normalized spacial score (nSPS) is 16.5. The van der Waals surface area contributed by atoms with E-state index in [0.29, 0.717) is 5.39 Å². The topological polar surface area (TPSA) is 99.0 Å². The molecule has 2 aromatic rings. The lowest BCUT2D eigenvalue weighted by atomic mass is 10.2. The number of piperazine rings is 1. The first-order chi connectivity index (χ1) is 14.9. The highest BCUT2D eigenvalue weighted by Crippen LogP contribution is 2.39. The Hall–Kier alpha value is -2.32. The van der Waals surface area contributed by atoms with Gasteiger partial charge in [-0.1, -0.05) is 0 Å². The first-order valence-electron chi connectivity index (χ1n) is 9.58. The van der Waals surface area contributed by atoms with Crippen LogP contribution < -0.4 is 9.64 Å². The van der Waals surface area contributed by atoms with Gasteiger partial charge in [0.2, 0.25) is 5.91 Å². The van der Waals surface area contributed by atoms with E-state index in [4.69, 9.17) is 9.84 Å². The van der Waals surface area contributed by atoms with Crippen LogP contribution in [0.4, 0.5) is 27.8 Å². The molecule has 178 valence electrons. The van der Waals surface area contributed by atoms with E-state index in [-0.39, 0.29) is 54.3 Å². The molecule has 0 aromatic carbocycles. The summed E-state index contributed by atoms with van der Waals surface area (Å²) in [5, 5.41) is 18.7. The van der Waals surface area contributed by atoms with Gasteiger partial charge in [0.25, 0.3) is 5.92 Å². The molecular formula is C18H21F5N4O4S. The van der Waals surface area contributed by atoms with Crippen molar-refractivity contribution in [2.75, 3.05) is 44.3 Å². The molecule has 3 rings (SSSR count). The summed E-state index contributed by atoms with van der Waals surface area (Å²) in [6.07, 6.45) is -7.34. The summed E-state index contributed by atoms with van der Waals surface area (Å²) in [4.78, 5) is 22.9. The molecule has 0 spiro atoms. The van der Waals surface area contributed by atoms with Crippen molar-refractivity contribution in [2.24, 2.45) is 0 Å². The predicted octanol–water partition coefficient (Wildman–Crippen LogP) is 2.14. The van der Waals surface area contributed by atoms with Crippen molar-refractivity contribution < 1.29 is 41.7 Å². The first-order valence-corrected chi connectivity index (χ1v) is 10.4. The summed E-state index contributed by atoms with van der Waals surface area (Å²) in [5.74, 6) is -3.92. The first kappa shape index (κ1) is 24.3. The van der Waals surface area contributed by atoms with Crippen molar-refractivity contribution >= 4 is 33.3 Å². The highest BCUT2D eigenvalue weighted by molar-refractivity contribution is 7.18. The van der Waals surface area contributed by atoms with Crippen molar-refractivity contribution in [3.05, 3.63) is 10.9 Å². The summed E-state index contributed by atoms with van der Waals surface area (Å²) in [6, 6.07) is 1.05. The van der Waals surface area contributed by atoms with Crippen LogP contribution in [0.15, 0.2) is 6.07 Å². The van der Waals surface area contributed by atoms with Gasteiger partial charge in [-0.3, -0.25) is 4.79 Å². The van der Waals surface area contributed by atoms with E-state index >= 15 is 0 Å². The number of halogens is 5. The summed E-state index contributed by atoms with van der Waals surface area (Å²) < 4.78 is 70.5. The van der Waals surface area contributed by atoms with Crippen LogP contribution in [0.1, 0.15) is 18.2 Å². The van der Waals surface area contributed by atoms with Crippen LogP contribution in [0.3, 0.4) is 0 Å². The molecular weight excluding hydrogens is 463 g/mol. The zero-order valence-electron chi connectivity index (χ0n) is 16.9. The highest BCUT2D eigenvalue weighted by atomic mass is 32.1. The summed E-state index contributed by atoms with van der Waals surface area (Å²) >= 11 is 0.739. The van der Waals surface area contributed by atoms with Crippen molar-refractivity contribution in [1.82, 2.24) is 14.9 Å². The molecule has 14 heteroatoms. The van der Waals surface area contributed by atoms with Crippen LogP contribution in [0, 0.1) is 0 Å². The Morgan fingerprint density at radius 1 is 1.22 bits per heavy atom. The Morgan fingerprint density at radius 3 is 2.44 bits per heavy atom. The predicted molar refractivity (Wildman–Crippen MR) is 105 cm³/mol. The van der Waals surface area contributed by atoms with Gasteiger partial charge in [0.05, 0.1) is 16.9 Å². The second kappa shape index (κ2) is 9.27. The third-order valence-corrected chi connectivity index (χ3v) is 5.88. The average molecular weight is 484 g/mol. The number of thiophene rings is 1. The molecule has 1 saturated heterocycles. The van der Waals surface area contributed by atoms with Gasteiger partial charge in [0, 0.05) is 33.1 Å². The van der Waals surface area contributed by atoms with Crippen LogP contribution in [-0.2, 0) is 10.7 Å². The SMILES string of the molecule is CC(F)(F)c1cc2c(N3CCN(C(=O)CC(F)(F)F)CC3)nc(OC[C@@H](O)CO)nc2s1. The molecule has 32 heavy (non-hydrogen) atoms. The summed E-state index contributed by atoms with van der Waals surface area (Å²) in [7, 11) is 0. The molecule has 3 heterocycles. The minimum atomic E-state index is -4.60. The minimum absolute atomic E-state index is 0.000752. The van der Waals surface area contributed by atoms with Gasteiger partial charge in [-0.05, 0) is 6.07 Å². The molecule has 0 radical (unpaired) electrons. The summed E-state index contributed by atoms with van der Waals surface area (Å²) in [6.45, 7) is 0.105. The van der Waals surface area contributed by atoms with Crippen LogP contribution in [0.25, 0.3) is 10.2 Å². The van der Waals surface area contributed by atoms with Crippen molar-refractivity contribution in [3.8, 4) is 6.01 Å². The molecule has 1 fully saturated rings. The molecule has 1 atom stereocenters. The summed E-state index contributed by atoms with van der Waals surface area (Å²) in [5.41, 5.74) is 0. The number of ether oxygens (including phenoxy) is 1. The number of nitrogens with zero attached hydrogens (tertiary/aromatic N) is 4. The standard InChI is InChI=1S/C18H21F5N4O4S/c1-17(19,20)12-6-11-14(24-16(25-15(11)32-12)31-9-10(29)8-28)27-4-2-26(3-5-27)13(30)7-18(21,22)23/h6,10,28-29H,2-5,7-9H2,1H3/t10-/m0/s1. The van der Waals surface area contributed by atoms with E-state index in [1.807, 2.05) is 0 Å². The number of hydrogen-bond donors (Lipinski definition) is 2. The smallest absolute Gasteiger partial charge is 0.397 e. The zero-order chi connectivity index (χ0) is 23.7. The Labute approximate surface area is 183 Å². The quantitative estimate of drug-likeness (QED) is 0.581. The van der Waals surface area contributed by atoms with Gasteiger partial charge in [0.1, 0.15) is 29.8 Å². The second-order valence-electron chi connectivity index (χ2n) is 7.35. The number of aliphatic hydroxyl groups is 2. The highest BCUT2D eigenvalue weighted by Gasteiger charge is 2.35. The monoisotopic (exact) mass is 484 g/mol. The Kier molecular flexibility index (Phi) is 7.05. The van der Waals surface area contributed by atoms with Crippen LogP contribution >= 0.6 is 11.3 Å². The van der Waals surface area contributed by atoms with Gasteiger partial charge in [-0.2, -0.15) is 23.1 Å². The second-order valence-corrected chi connectivity index (χ2v) is 8.39. The fraction of sp³-hybridized carbons (Fsp3) is 0.611. The molecule has 2 N–H and O–H groups in total. The third-order valence-electron chi connectivity index (χ3n) is 4.68. The molecule has 0 bridgehead atoms. The van der Waals surface area contributed by atoms with Crippen LogP contribution in [0.5, 0.6) is 6.01 Å². The molecule has 1 amide bonds. The van der Waals surface area contributed by atoms with Crippen LogP contribution in [0.2, 0.25) is 0 Å². The number of alkyl halides is 5. The number of aliphatic hydroxyl groups excluding tert-OH is 2. The molecule has 0 saturated carbocycles. The maximum atomic E-state index is 13.9. The van der Waals surface area contributed by atoms with Gasteiger partial charge in [0.15, 0.2) is 0 Å². The average Bonchev–Trinajstić information content (AvgIpc) is 3.15. The molecule has 1 aliphatic heterocycles. The van der Waals surface area contributed by atoms with Gasteiger partial charge < -0.3 is 24.7 Å². The Bertz CT molecular complexity index is 957. The number of rotatable bonds is 7. The van der Waals surface area contributed by atoms with E-state index < -0.39 is 37.1 Å². The van der Waals surface area contributed by atoms with Crippen molar-refractivity contribution in [1.29, 1.82) is 0 Å². The van der Waals surface area contributed by atoms with E-state index in [2.05, 4.69) is 9.97 Å². The van der Waals surface area contributed by atoms with E-state index in [1.54, 1.807) is 4.90 Å². The fourth-order valence-corrected chi connectivity index (χ4v) is 4.03. The number of aromatic nitrogens is 2. The molecule has 2 aromatic heterocycles. The maximum Gasteiger partial charge on any atom is 0.397 e. The lowest BCUT2D eigenvalue weighted by molar-refractivity contribution is -0.161. The van der Waals surface area contributed by atoms with Gasteiger partial charge in [-0.15, -0.1) is 11.3 Å². The lowest BCUT2D eigenvalue weighted by Crippen LogP contribution is -2.49. The lowest BCUT2D eigenvalue weighted by Gasteiger charge is -2.35. The van der Waals surface area contributed by atoms with Crippen molar-refractivity contribution in [3.63, 3.8) is 0 Å². The Morgan fingerprint density at radius 2 is 1.88 bits per heavy atom.